The zero-order valence-corrected chi connectivity index (χ0v) is 25.5. The van der Waals surface area contributed by atoms with E-state index in [0.29, 0.717) is 34.1 Å². The lowest BCUT2D eigenvalue weighted by Crippen LogP contribution is -2.39. The SMILES string of the molecule is COC(=O)c1c(NC(=O)C(C)Sc2cccc(NC(=O)c3ccccc3F)c2)sc2c1CCN(C(=O)OC(C)(C)C)C2. The number of nitrogens with zero attached hydrogens (tertiary/aromatic N) is 1. The van der Waals surface area contributed by atoms with Crippen molar-refractivity contribution in [3.8, 4) is 0 Å². The van der Waals surface area contributed by atoms with E-state index >= 15 is 0 Å². The fraction of sp³-hybridized carbons (Fsp3) is 0.333. The van der Waals surface area contributed by atoms with Crippen LogP contribution < -0.4 is 10.6 Å². The van der Waals surface area contributed by atoms with E-state index in [4.69, 9.17) is 9.47 Å². The van der Waals surface area contributed by atoms with Gasteiger partial charge in [0.1, 0.15) is 16.4 Å². The molecule has 1 aromatic heterocycles. The molecule has 0 radical (unpaired) electrons. The molecule has 9 nitrogen and oxygen atoms in total. The minimum absolute atomic E-state index is 0.0717. The van der Waals surface area contributed by atoms with Crippen LogP contribution in [0.3, 0.4) is 0 Å². The number of esters is 1. The third-order valence-electron chi connectivity index (χ3n) is 6.23. The van der Waals surface area contributed by atoms with E-state index in [9.17, 15) is 23.6 Å². The van der Waals surface area contributed by atoms with Crippen molar-refractivity contribution in [1.82, 2.24) is 4.90 Å². The van der Waals surface area contributed by atoms with Crippen LogP contribution in [0, 0.1) is 5.82 Å². The van der Waals surface area contributed by atoms with Gasteiger partial charge >= 0.3 is 12.1 Å². The summed E-state index contributed by atoms with van der Waals surface area (Å²) in [6, 6.07) is 12.6. The number of amides is 3. The maximum Gasteiger partial charge on any atom is 0.410 e. The van der Waals surface area contributed by atoms with Gasteiger partial charge in [0, 0.05) is 22.0 Å². The number of rotatable bonds is 7. The Bertz CT molecular complexity index is 1520. The van der Waals surface area contributed by atoms with Gasteiger partial charge in [-0.2, -0.15) is 0 Å². The Morgan fingerprint density at radius 1 is 1.07 bits per heavy atom. The third-order valence-corrected chi connectivity index (χ3v) is 8.45. The number of halogens is 1. The summed E-state index contributed by atoms with van der Waals surface area (Å²) in [7, 11) is 1.28. The average Bonchev–Trinajstić information content (AvgIpc) is 3.29. The van der Waals surface area contributed by atoms with E-state index in [0.717, 1.165) is 10.4 Å². The Morgan fingerprint density at radius 3 is 2.50 bits per heavy atom. The number of fused-ring (bicyclic) bond motifs is 1. The van der Waals surface area contributed by atoms with Crippen LogP contribution >= 0.6 is 23.1 Å². The van der Waals surface area contributed by atoms with E-state index in [-0.39, 0.29) is 18.0 Å². The van der Waals surface area contributed by atoms with Gasteiger partial charge in [0.15, 0.2) is 0 Å². The number of benzene rings is 2. The topological polar surface area (TPSA) is 114 Å². The maximum atomic E-state index is 14.0. The Kier molecular flexibility index (Phi) is 9.57. The van der Waals surface area contributed by atoms with Crippen LogP contribution in [-0.2, 0) is 27.2 Å². The standard InChI is InChI=1S/C30H32FN3O6S2/c1-17(41-19-10-8-9-18(15-19)32-26(36)20-11-6-7-12-22(20)31)25(35)33-27-24(28(37)39-5)21-13-14-34(16-23(21)42-27)29(38)40-30(2,3)4/h6-12,15,17H,13-14,16H2,1-5H3,(H,32,36)(H,33,35). The van der Waals surface area contributed by atoms with Crippen molar-refractivity contribution in [1.29, 1.82) is 0 Å². The first kappa shape index (κ1) is 31.0. The zero-order valence-electron chi connectivity index (χ0n) is 23.9. The molecular weight excluding hydrogens is 581 g/mol. The molecule has 42 heavy (non-hydrogen) atoms. The molecule has 0 fully saturated rings. The minimum Gasteiger partial charge on any atom is -0.465 e. The molecule has 2 aromatic carbocycles. The number of ether oxygens (including phenoxy) is 2. The Morgan fingerprint density at radius 2 is 1.81 bits per heavy atom. The molecule has 0 saturated carbocycles. The van der Waals surface area contributed by atoms with Crippen molar-refractivity contribution >= 4 is 57.7 Å². The lowest BCUT2D eigenvalue weighted by Gasteiger charge is -2.30. The van der Waals surface area contributed by atoms with Gasteiger partial charge in [-0.3, -0.25) is 9.59 Å². The molecule has 3 aromatic rings. The second-order valence-electron chi connectivity index (χ2n) is 10.6. The number of thiophene rings is 1. The summed E-state index contributed by atoms with van der Waals surface area (Å²) in [6.07, 6.45) is -0.0229. The Hall–Kier alpha value is -3.90. The minimum atomic E-state index is -0.637. The van der Waals surface area contributed by atoms with Crippen molar-refractivity contribution in [3.63, 3.8) is 0 Å². The number of anilines is 2. The van der Waals surface area contributed by atoms with Crippen LogP contribution in [0.15, 0.2) is 53.4 Å². The normalized spacial score (nSPS) is 13.5. The molecule has 1 aliphatic rings. The fourth-order valence-corrected chi connectivity index (χ4v) is 6.43. The molecule has 1 aliphatic heterocycles. The Labute approximate surface area is 251 Å². The monoisotopic (exact) mass is 613 g/mol. The van der Waals surface area contributed by atoms with Crippen LogP contribution in [-0.4, -0.2) is 53.3 Å². The summed E-state index contributed by atoms with van der Waals surface area (Å²) in [4.78, 5) is 54.1. The summed E-state index contributed by atoms with van der Waals surface area (Å²) < 4.78 is 24.5. The van der Waals surface area contributed by atoms with Crippen LogP contribution in [0.25, 0.3) is 0 Å². The number of carbonyl (C=O) groups is 4. The molecule has 4 rings (SSSR count). The van der Waals surface area contributed by atoms with Gasteiger partial charge < -0.3 is 25.0 Å². The highest BCUT2D eigenvalue weighted by atomic mass is 32.2. The summed E-state index contributed by atoms with van der Waals surface area (Å²) in [5.41, 5.74) is 0.791. The molecular formula is C30H32FN3O6S2. The molecule has 0 bridgehead atoms. The lowest BCUT2D eigenvalue weighted by atomic mass is 10.0. The first-order valence-electron chi connectivity index (χ1n) is 13.2. The van der Waals surface area contributed by atoms with Gasteiger partial charge in [-0.05, 0) is 70.0 Å². The van der Waals surface area contributed by atoms with Crippen molar-refractivity contribution in [3.05, 3.63) is 75.9 Å². The number of carbonyl (C=O) groups excluding carboxylic acids is 4. The van der Waals surface area contributed by atoms with Gasteiger partial charge in [-0.25, -0.2) is 14.0 Å². The Balaban J connectivity index is 1.45. The molecule has 0 aliphatic carbocycles. The molecule has 222 valence electrons. The van der Waals surface area contributed by atoms with Gasteiger partial charge in [-0.15, -0.1) is 23.1 Å². The number of nitrogens with one attached hydrogen (secondary N) is 2. The summed E-state index contributed by atoms with van der Waals surface area (Å²) in [6.45, 7) is 7.74. The molecule has 1 unspecified atom stereocenters. The summed E-state index contributed by atoms with van der Waals surface area (Å²) in [5.74, 6) is -2.10. The van der Waals surface area contributed by atoms with Gasteiger partial charge in [-0.1, -0.05) is 18.2 Å². The second-order valence-corrected chi connectivity index (χ2v) is 13.1. The van der Waals surface area contributed by atoms with Gasteiger partial charge in [0.2, 0.25) is 5.91 Å². The zero-order chi connectivity index (χ0) is 30.6. The number of hydrogen-bond acceptors (Lipinski definition) is 8. The third kappa shape index (κ3) is 7.48. The fourth-order valence-electron chi connectivity index (χ4n) is 4.25. The largest absolute Gasteiger partial charge is 0.465 e. The summed E-state index contributed by atoms with van der Waals surface area (Å²) >= 11 is 2.49. The van der Waals surface area contributed by atoms with Crippen LogP contribution in [0.2, 0.25) is 0 Å². The van der Waals surface area contributed by atoms with Crippen LogP contribution in [0.4, 0.5) is 19.9 Å². The first-order valence-corrected chi connectivity index (χ1v) is 14.9. The van der Waals surface area contributed by atoms with Crippen LogP contribution in [0.5, 0.6) is 0 Å². The maximum absolute atomic E-state index is 14.0. The van der Waals surface area contributed by atoms with Crippen LogP contribution in [0.1, 0.15) is 58.9 Å². The van der Waals surface area contributed by atoms with E-state index < -0.39 is 34.6 Å². The second kappa shape index (κ2) is 13.0. The predicted molar refractivity (Wildman–Crippen MR) is 161 cm³/mol. The van der Waals surface area contributed by atoms with E-state index in [1.165, 1.54) is 48.4 Å². The molecule has 2 heterocycles. The molecule has 0 spiro atoms. The van der Waals surface area contributed by atoms with E-state index in [2.05, 4.69) is 10.6 Å². The van der Waals surface area contributed by atoms with Gasteiger partial charge in [0.05, 0.1) is 30.0 Å². The summed E-state index contributed by atoms with van der Waals surface area (Å²) in [5, 5.41) is 5.34. The van der Waals surface area contributed by atoms with Gasteiger partial charge in [0.25, 0.3) is 5.91 Å². The lowest BCUT2D eigenvalue weighted by molar-refractivity contribution is -0.115. The van der Waals surface area contributed by atoms with E-state index in [1.54, 1.807) is 62.9 Å². The van der Waals surface area contributed by atoms with Crippen molar-refractivity contribution in [2.75, 3.05) is 24.3 Å². The molecule has 2 N–H and O–H groups in total. The highest BCUT2D eigenvalue weighted by molar-refractivity contribution is 8.00. The highest BCUT2D eigenvalue weighted by Crippen LogP contribution is 2.38. The highest BCUT2D eigenvalue weighted by Gasteiger charge is 2.33. The molecule has 1 atom stereocenters. The molecule has 0 saturated heterocycles. The average molecular weight is 614 g/mol. The quantitative estimate of drug-likeness (QED) is 0.236. The van der Waals surface area contributed by atoms with E-state index in [1.807, 2.05) is 0 Å². The molecule has 12 heteroatoms. The van der Waals surface area contributed by atoms with Crippen molar-refractivity contribution in [2.24, 2.45) is 0 Å². The number of methoxy groups -OCH3 is 1. The van der Waals surface area contributed by atoms with Crippen molar-refractivity contribution in [2.45, 2.75) is 56.4 Å². The molecule has 3 amide bonds. The van der Waals surface area contributed by atoms with Crippen molar-refractivity contribution < 1.29 is 33.0 Å². The smallest absolute Gasteiger partial charge is 0.410 e. The number of hydrogen-bond donors (Lipinski definition) is 2. The predicted octanol–water partition coefficient (Wildman–Crippen LogP) is 6.34. The number of thioether (sulfide) groups is 1. The first-order chi connectivity index (χ1) is 19.9.